The van der Waals surface area contributed by atoms with Gasteiger partial charge in [-0.2, -0.15) is 0 Å². The Kier molecular flexibility index (Phi) is 4.15. The van der Waals surface area contributed by atoms with Crippen molar-refractivity contribution in [1.82, 2.24) is 9.80 Å². The average Bonchev–Trinajstić information content (AvgIpc) is 2.64. The van der Waals surface area contributed by atoms with Crippen LogP contribution in [0.3, 0.4) is 0 Å². The molecule has 1 aliphatic heterocycles. The van der Waals surface area contributed by atoms with Crippen LogP contribution >= 0.6 is 0 Å². The Hall–Kier alpha value is -2.25. The van der Waals surface area contributed by atoms with Crippen LogP contribution in [-0.2, 0) is 11.3 Å². The highest BCUT2D eigenvalue weighted by atomic mass is 19.4. The zero-order valence-corrected chi connectivity index (χ0v) is 13.0. The van der Waals surface area contributed by atoms with Gasteiger partial charge in [-0.15, -0.1) is 13.2 Å². The topological polar surface area (TPSA) is 49.9 Å². The number of hydrogen-bond donors (Lipinski definition) is 0. The summed E-state index contributed by atoms with van der Waals surface area (Å²) in [5, 5.41) is 0. The normalized spacial score (nSPS) is 22.1. The number of urea groups is 1. The van der Waals surface area contributed by atoms with Crippen LogP contribution in [0, 0.1) is 0 Å². The van der Waals surface area contributed by atoms with Gasteiger partial charge < -0.3 is 9.64 Å². The zero-order chi connectivity index (χ0) is 17.5. The van der Waals surface area contributed by atoms with Crippen LogP contribution in [0.4, 0.5) is 18.0 Å². The predicted octanol–water partition coefficient (Wildman–Crippen LogP) is 3.29. The van der Waals surface area contributed by atoms with Gasteiger partial charge in [0.05, 0.1) is 6.54 Å². The standard InChI is InChI=1S/C16H17F3N2O3/c1-10-14(22)20(15(23)21(10)12-3-2-4-12)9-11-5-7-13(8-6-11)24-16(17,18)19/h5-8,10,12H,2-4,9H2,1H3. The van der Waals surface area contributed by atoms with Gasteiger partial charge in [-0.1, -0.05) is 12.1 Å². The molecule has 0 bridgehead atoms. The van der Waals surface area contributed by atoms with Gasteiger partial charge in [-0.3, -0.25) is 9.69 Å². The molecule has 1 saturated carbocycles. The van der Waals surface area contributed by atoms with Gasteiger partial charge in [0.1, 0.15) is 11.8 Å². The summed E-state index contributed by atoms with van der Waals surface area (Å²) in [5.74, 6) is -0.614. The Morgan fingerprint density at radius 2 is 1.79 bits per heavy atom. The Bertz CT molecular complexity index is 641. The van der Waals surface area contributed by atoms with E-state index in [4.69, 9.17) is 0 Å². The minimum atomic E-state index is -4.75. The van der Waals surface area contributed by atoms with E-state index in [2.05, 4.69) is 4.74 Å². The number of carbonyl (C=O) groups is 2. The average molecular weight is 342 g/mol. The number of amides is 3. The third kappa shape index (κ3) is 3.18. The molecule has 1 atom stereocenters. The highest BCUT2D eigenvalue weighted by molar-refractivity contribution is 6.04. The number of ether oxygens (including phenoxy) is 1. The van der Waals surface area contributed by atoms with Crippen LogP contribution in [0.15, 0.2) is 24.3 Å². The molecule has 130 valence electrons. The molecule has 2 fully saturated rings. The lowest BCUT2D eigenvalue weighted by molar-refractivity contribution is -0.274. The number of hydrogen-bond acceptors (Lipinski definition) is 3. The van der Waals surface area contributed by atoms with Crippen LogP contribution in [0.1, 0.15) is 31.7 Å². The molecule has 1 heterocycles. The fourth-order valence-corrected chi connectivity index (χ4v) is 3.01. The van der Waals surface area contributed by atoms with Crippen molar-refractivity contribution in [3.8, 4) is 5.75 Å². The van der Waals surface area contributed by atoms with Crippen molar-refractivity contribution in [1.29, 1.82) is 0 Å². The van der Waals surface area contributed by atoms with Crippen molar-refractivity contribution < 1.29 is 27.5 Å². The number of imide groups is 1. The predicted molar refractivity (Wildman–Crippen MR) is 78.0 cm³/mol. The highest BCUT2D eigenvalue weighted by Crippen LogP contribution is 2.32. The molecule has 1 unspecified atom stereocenters. The van der Waals surface area contributed by atoms with Crippen molar-refractivity contribution in [3.63, 3.8) is 0 Å². The smallest absolute Gasteiger partial charge is 0.406 e. The molecule has 1 aliphatic carbocycles. The van der Waals surface area contributed by atoms with Gasteiger partial charge in [0.15, 0.2) is 0 Å². The quantitative estimate of drug-likeness (QED) is 0.789. The number of carbonyl (C=O) groups excluding carboxylic acids is 2. The van der Waals surface area contributed by atoms with E-state index in [0.29, 0.717) is 5.56 Å². The van der Waals surface area contributed by atoms with E-state index < -0.39 is 12.4 Å². The van der Waals surface area contributed by atoms with Crippen LogP contribution < -0.4 is 4.74 Å². The molecule has 0 aromatic heterocycles. The van der Waals surface area contributed by atoms with Crippen LogP contribution in [0.25, 0.3) is 0 Å². The Morgan fingerprint density at radius 3 is 2.29 bits per heavy atom. The third-order valence-corrected chi connectivity index (χ3v) is 4.46. The molecule has 3 rings (SSSR count). The van der Waals surface area contributed by atoms with Crippen molar-refractivity contribution in [2.45, 2.75) is 51.2 Å². The number of benzene rings is 1. The van der Waals surface area contributed by atoms with Crippen LogP contribution in [0.2, 0.25) is 0 Å². The maximum atomic E-state index is 12.5. The molecular weight excluding hydrogens is 325 g/mol. The fraction of sp³-hybridized carbons (Fsp3) is 0.500. The van der Waals surface area contributed by atoms with Crippen LogP contribution in [-0.4, -0.2) is 40.2 Å². The fourth-order valence-electron chi connectivity index (χ4n) is 3.01. The summed E-state index contributed by atoms with van der Waals surface area (Å²) in [6.45, 7) is 1.75. The minimum Gasteiger partial charge on any atom is -0.406 e. The van der Waals surface area contributed by atoms with Gasteiger partial charge in [0.2, 0.25) is 0 Å². The first-order chi connectivity index (χ1) is 11.3. The second-order valence-electron chi connectivity index (χ2n) is 6.07. The monoisotopic (exact) mass is 342 g/mol. The van der Waals surface area contributed by atoms with Crippen molar-refractivity contribution in [2.24, 2.45) is 0 Å². The van der Waals surface area contributed by atoms with Crippen LogP contribution in [0.5, 0.6) is 5.75 Å². The minimum absolute atomic E-state index is 0.0392. The lowest BCUT2D eigenvalue weighted by Crippen LogP contribution is -2.45. The molecule has 1 saturated heterocycles. The van der Waals surface area contributed by atoms with E-state index in [1.54, 1.807) is 11.8 Å². The second kappa shape index (κ2) is 5.99. The molecule has 2 aliphatic rings. The molecular formula is C16H17F3N2O3. The first kappa shape index (κ1) is 16.6. The summed E-state index contributed by atoms with van der Waals surface area (Å²) in [7, 11) is 0. The maximum Gasteiger partial charge on any atom is 0.573 e. The van der Waals surface area contributed by atoms with Gasteiger partial charge in [-0.05, 0) is 43.9 Å². The summed E-state index contributed by atoms with van der Waals surface area (Å²) in [4.78, 5) is 27.6. The van der Waals surface area contributed by atoms with Gasteiger partial charge in [0.25, 0.3) is 5.91 Å². The Labute approximate surface area is 137 Å². The SMILES string of the molecule is CC1C(=O)N(Cc2ccc(OC(F)(F)F)cc2)C(=O)N1C1CCC1. The van der Waals surface area contributed by atoms with Crippen molar-refractivity contribution in [2.75, 3.05) is 0 Å². The number of rotatable bonds is 4. The van der Waals surface area contributed by atoms with Gasteiger partial charge >= 0.3 is 12.4 Å². The summed E-state index contributed by atoms with van der Waals surface area (Å²) in [5.41, 5.74) is 0.564. The Morgan fingerprint density at radius 1 is 1.17 bits per heavy atom. The zero-order valence-electron chi connectivity index (χ0n) is 13.0. The summed E-state index contributed by atoms with van der Waals surface area (Å²) in [6.07, 6.45) is -1.89. The molecule has 24 heavy (non-hydrogen) atoms. The molecule has 0 spiro atoms. The van der Waals surface area contributed by atoms with E-state index in [1.165, 1.54) is 24.3 Å². The summed E-state index contributed by atoms with van der Waals surface area (Å²) >= 11 is 0. The lowest BCUT2D eigenvalue weighted by Gasteiger charge is -2.35. The summed E-state index contributed by atoms with van der Waals surface area (Å²) in [6, 6.07) is 4.46. The molecule has 1 aromatic rings. The third-order valence-electron chi connectivity index (χ3n) is 4.46. The molecule has 8 heteroatoms. The highest BCUT2D eigenvalue weighted by Gasteiger charge is 2.46. The second-order valence-corrected chi connectivity index (χ2v) is 6.07. The largest absolute Gasteiger partial charge is 0.573 e. The molecule has 3 amide bonds. The van der Waals surface area contributed by atoms with Crippen molar-refractivity contribution >= 4 is 11.9 Å². The maximum absolute atomic E-state index is 12.5. The lowest BCUT2D eigenvalue weighted by atomic mass is 9.91. The number of nitrogens with zero attached hydrogens (tertiary/aromatic N) is 2. The molecule has 0 N–H and O–H groups in total. The molecule has 5 nitrogen and oxygen atoms in total. The number of alkyl halides is 3. The van der Waals surface area contributed by atoms with E-state index in [-0.39, 0.29) is 30.3 Å². The first-order valence-corrected chi connectivity index (χ1v) is 7.74. The van der Waals surface area contributed by atoms with E-state index in [1.807, 2.05) is 0 Å². The van der Waals surface area contributed by atoms with Gasteiger partial charge in [-0.25, -0.2) is 4.79 Å². The van der Waals surface area contributed by atoms with Crippen molar-refractivity contribution in [3.05, 3.63) is 29.8 Å². The first-order valence-electron chi connectivity index (χ1n) is 7.74. The summed E-state index contributed by atoms with van der Waals surface area (Å²) < 4.78 is 40.2. The van der Waals surface area contributed by atoms with Gasteiger partial charge in [0, 0.05) is 6.04 Å². The molecule has 0 radical (unpaired) electrons. The van der Waals surface area contributed by atoms with E-state index in [9.17, 15) is 22.8 Å². The Balaban J connectivity index is 1.69. The van der Waals surface area contributed by atoms with E-state index in [0.717, 1.165) is 24.2 Å². The molecule has 1 aromatic carbocycles. The van der Waals surface area contributed by atoms with E-state index >= 15 is 0 Å². The number of halogens is 3.